The predicted octanol–water partition coefficient (Wildman–Crippen LogP) is 9.37. The molecule has 0 fully saturated rings. The van der Waals surface area contributed by atoms with Crippen molar-refractivity contribution in [3.05, 3.63) is 42.5 Å². The lowest BCUT2D eigenvalue weighted by molar-refractivity contribution is -0.132. The Morgan fingerprint density at radius 3 is 1.71 bits per heavy atom. The van der Waals surface area contributed by atoms with E-state index in [0.717, 1.165) is 12.8 Å². The van der Waals surface area contributed by atoms with Gasteiger partial charge in [-0.1, -0.05) is 122 Å². The average Bonchev–Trinajstić information content (AvgIpc) is 2.83. The maximum Gasteiger partial charge on any atom is 0.338 e. The van der Waals surface area contributed by atoms with Gasteiger partial charge < -0.3 is 9.47 Å². The number of ether oxygens (including phenoxy) is 2. The molecule has 1 rings (SSSR count). The van der Waals surface area contributed by atoms with Crippen molar-refractivity contribution < 1.29 is 19.1 Å². The van der Waals surface area contributed by atoms with Gasteiger partial charge in [0, 0.05) is 24.1 Å². The molecule has 0 amide bonds. The van der Waals surface area contributed by atoms with E-state index >= 15 is 0 Å². The summed E-state index contributed by atoms with van der Waals surface area (Å²) in [7, 11) is 0. The number of esters is 2. The second-order valence-corrected chi connectivity index (χ2v) is 9.54. The molecule has 35 heavy (non-hydrogen) atoms. The lowest BCUT2D eigenvalue weighted by Crippen LogP contribution is -2.11. The monoisotopic (exact) mass is 484 g/mol. The van der Waals surface area contributed by atoms with Gasteiger partial charge in [0.15, 0.2) is 0 Å². The molecule has 0 saturated heterocycles. The topological polar surface area (TPSA) is 52.6 Å². The summed E-state index contributed by atoms with van der Waals surface area (Å²) < 4.78 is 10.6. The summed E-state index contributed by atoms with van der Waals surface area (Å²) in [5, 5.41) is 0. The van der Waals surface area contributed by atoms with E-state index < -0.39 is 11.9 Å². The number of rotatable bonds is 21. The van der Waals surface area contributed by atoms with Crippen molar-refractivity contribution in [2.24, 2.45) is 0 Å². The van der Waals surface area contributed by atoms with Crippen LogP contribution >= 0.6 is 0 Å². The molecule has 0 spiro atoms. The lowest BCUT2D eigenvalue weighted by Gasteiger charge is -2.11. The van der Waals surface area contributed by atoms with Crippen molar-refractivity contribution in [3.8, 4) is 11.5 Å². The molecule has 0 atom stereocenters. The van der Waals surface area contributed by atoms with Crippen LogP contribution in [0.2, 0.25) is 0 Å². The minimum Gasteiger partial charge on any atom is -0.427 e. The molecule has 0 aliphatic rings. The van der Waals surface area contributed by atoms with E-state index in [0.29, 0.717) is 29.1 Å². The van der Waals surface area contributed by atoms with E-state index in [4.69, 9.17) is 9.47 Å². The fourth-order valence-electron chi connectivity index (χ4n) is 4.16. The van der Waals surface area contributed by atoms with Gasteiger partial charge in [0.1, 0.15) is 11.5 Å². The number of unbranched alkanes of at least 4 members (excludes halogenated alkanes) is 15. The van der Waals surface area contributed by atoms with Gasteiger partial charge in [0.05, 0.1) is 0 Å². The molecule has 0 heterocycles. The molecule has 0 aromatic heterocycles. The van der Waals surface area contributed by atoms with Gasteiger partial charge in [-0.05, 0) is 25.0 Å². The first-order chi connectivity index (χ1) is 17.0. The Hall–Kier alpha value is -2.36. The van der Waals surface area contributed by atoms with E-state index in [2.05, 4.69) is 20.1 Å². The summed E-state index contributed by atoms with van der Waals surface area (Å²) in [4.78, 5) is 23.6. The molecule has 4 nitrogen and oxygen atoms in total. The first kappa shape index (κ1) is 30.7. The fraction of sp³-hybridized carbons (Fsp3) is 0.613. The Labute approximate surface area is 214 Å². The first-order valence-corrected chi connectivity index (χ1v) is 13.8. The molecule has 196 valence electrons. The maximum absolute atomic E-state index is 12.4. The zero-order chi connectivity index (χ0) is 25.7. The van der Waals surface area contributed by atoms with Crippen LogP contribution in [0.25, 0.3) is 6.08 Å². The number of carbonyl (C=O) groups excluding carboxylic acids is 2. The van der Waals surface area contributed by atoms with Gasteiger partial charge >= 0.3 is 11.9 Å². The summed E-state index contributed by atoms with van der Waals surface area (Å²) in [5.41, 5.74) is 1.12. The third-order valence-corrected chi connectivity index (χ3v) is 6.29. The highest BCUT2D eigenvalue weighted by Crippen LogP contribution is 2.27. The van der Waals surface area contributed by atoms with Crippen LogP contribution in [-0.2, 0) is 9.59 Å². The summed E-state index contributed by atoms with van der Waals surface area (Å²) in [6.45, 7) is 11.2. The van der Waals surface area contributed by atoms with Gasteiger partial charge in [0.25, 0.3) is 0 Å². The Morgan fingerprint density at radius 2 is 1.26 bits per heavy atom. The predicted molar refractivity (Wildman–Crippen MR) is 147 cm³/mol. The summed E-state index contributed by atoms with van der Waals surface area (Å²) >= 11 is 0. The van der Waals surface area contributed by atoms with E-state index in [1.165, 1.54) is 103 Å². The highest BCUT2D eigenvalue weighted by Gasteiger charge is 2.13. The maximum atomic E-state index is 12.4. The quantitative estimate of drug-likeness (QED) is 0.0754. The highest BCUT2D eigenvalue weighted by atomic mass is 16.5. The molecular formula is C31H48O4. The van der Waals surface area contributed by atoms with Crippen LogP contribution in [0.4, 0.5) is 0 Å². The molecule has 4 heteroatoms. The molecule has 0 N–H and O–H groups in total. The Balaban J connectivity index is 2.08. The minimum absolute atomic E-state index is 0.317. The molecule has 1 aromatic rings. The Kier molecular flexibility index (Phi) is 17.4. The fourth-order valence-corrected chi connectivity index (χ4v) is 4.16. The van der Waals surface area contributed by atoms with Crippen molar-refractivity contribution in [2.75, 3.05) is 0 Å². The van der Waals surface area contributed by atoms with E-state index in [-0.39, 0.29) is 0 Å². The third-order valence-electron chi connectivity index (χ3n) is 6.29. The second-order valence-electron chi connectivity index (χ2n) is 9.54. The van der Waals surface area contributed by atoms with Crippen LogP contribution in [-0.4, -0.2) is 11.9 Å². The van der Waals surface area contributed by atoms with Crippen LogP contribution in [0.15, 0.2) is 36.9 Å². The van der Waals surface area contributed by atoms with Crippen molar-refractivity contribution in [1.82, 2.24) is 0 Å². The zero-order valence-corrected chi connectivity index (χ0v) is 22.4. The van der Waals surface area contributed by atoms with Gasteiger partial charge in [-0.2, -0.15) is 0 Å². The standard InChI is InChI=1S/C31H48O4/c1-5-7-8-9-10-11-12-13-14-15-16-17-18-19-20-21-22-26(3)31(33)35-30-25-29(34-27(4)32)24-23-28(30)6-2/h6,23-25H,2-3,5,7-22H2,1,4H3. The highest BCUT2D eigenvalue weighted by molar-refractivity contribution is 5.90. The molecule has 0 saturated carbocycles. The van der Waals surface area contributed by atoms with Crippen LogP contribution in [0.1, 0.15) is 129 Å². The first-order valence-electron chi connectivity index (χ1n) is 13.8. The minimum atomic E-state index is -0.450. The van der Waals surface area contributed by atoms with Gasteiger partial charge in [-0.15, -0.1) is 0 Å². The molecule has 0 unspecified atom stereocenters. The summed E-state index contributed by atoms with van der Waals surface area (Å²) in [6, 6.07) is 4.87. The Bertz CT molecular complexity index is 765. The number of hydrogen-bond donors (Lipinski definition) is 0. The SMILES string of the molecule is C=Cc1ccc(OC(C)=O)cc1OC(=O)C(=C)CCCCCCCCCCCCCCCCCC. The van der Waals surface area contributed by atoms with Crippen molar-refractivity contribution >= 4 is 18.0 Å². The van der Waals surface area contributed by atoms with Crippen LogP contribution in [0.5, 0.6) is 11.5 Å². The average molecular weight is 485 g/mol. The van der Waals surface area contributed by atoms with Crippen LogP contribution < -0.4 is 9.47 Å². The molecule has 0 aliphatic carbocycles. The zero-order valence-electron chi connectivity index (χ0n) is 22.4. The van der Waals surface area contributed by atoms with Crippen LogP contribution in [0.3, 0.4) is 0 Å². The molecule has 1 aromatic carbocycles. The number of carbonyl (C=O) groups is 2. The smallest absolute Gasteiger partial charge is 0.338 e. The van der Waals surface area contributed by atoms with Gasteiger partial charge in [-0.3, -0.25) is 4.79 Å². The number of hydrogen-bond acceptors (Lipinski definition) is 4. The van der Waals surface area contributed by atoms with Gasteiger partial charge in [0.2, 0.25) is 0 Å². The van der Waals surface area contributed by atoms with Crippen molar-refractivity contribution in [3.63, 3.8) is 0 Å². The largest absolute Gasteiger partial charge is 0.427 e. The van der Waals surface area contributed by atoms with Crippen molar-refractivity contribution in [2.45, 2.75) is 123 Å². The van der Waals surface area contributed by atoms with Gasteiger partial charge in [-0.25, -0.2) is 4.79 Å². The van der Waals surface area contributed by atoms with E-state index in [1.54, 1.807) is 18.2 Å². The molecule has 0 radical (unpaired) electrons. The molecule has 0 bridgehead atoms. The molecular weight excluding hydrogens is 436 g/mol. The number of benzene rings is 1. The summed E-state index contributed by atoms with van der Waals surface area (Å²) in [5.74, 6) is -0.234. The van der Waals surface area contributed by atoms with E-state index in [1.807, 2.05) is 0 Å². The third kappa shape index (κ3) is 15.3. The normalized spacial score (nSPS) is 10.7. The van der Waals surface area contributed by atoms with Crippen molar-refractivity contribution in [1.29, 1.82) is 0 Å². The Morgan fingerprint density at radius 1 is 0.771 bits per heavy atom. The lowest BCUT2D eigenvalue weighted by atomic mass is 10.0. The molecule has 0 aliphatic heterocycles. The second kappa shape index (κ2) is 19.9. The summed E-state index contributed by atoms with van der Waals surface area (Å²) in [6.07, 6.45) is 23.3. The van der Waals surface area contributed by atoms with E-state index in [9.17, 15) is 9.59 Å². The van der Waals surface area contributed by atoms with Crippen LogP contribution in [0, 0.1) is 0 Å².